The summed E-state index contributed by atoms with van der Waals surface area (Å²) in [5.74, 6) is -0.399. The zero-order valence-corrected chi connectivity index (χ0v) is 28.3. The minimum absolute atomic E-state index is 0.0242. The molecule has 4 aromatic rings. The van der Waals surface area contributed by atoms with E-state index in [0.717, 1.165) is 19.9 Å². The van der Waals surface area contributed by atoms with Gasteiger partial charge in [0.15, 0.2) is 0 Å². The molecule has 0 saturated heterocycles. The van der Waals surface area contributed by atoms with Crippen molar-refractivity contribution in [3.8, 4) is 5.75 Å². The molecule has 11 heteroatoms. The van der Waals surface area contributed by atoms with E-state index in [1.165, 1.54) is 24.1 Å². The van der Waals surface area contributed by atoms with Gasteiger partial charge in [0, 0.05) is 28.5 Å². The Morgan fingerprint density at radius 2 is 1.49 bits per heavy atom. The van der Waals surface area contributed by atoms with Crippen molar-refractivity contribution in [2.24, 2.45) is 0 Å². The molecule has 236 valence electrons. The summed E-state index contributed by atoms with van der Waals surface area (Å²) in [5, 5.41) is 3.37. The third kappa shape index (κ3) is 9.09. The molecule has 4 aromatic carbocycles. The van der Waals surface area contributed by atoms with Crippen LogP contribution in [-0.4, -0.2) is 50.9 Å². The van der Waals surface area contributed by atoms with Crippen molar-refractivity contribution >= 4 is 55.1 Å². The number of rotatable bonds is 13. The van der Waals surface area contributed by atoms with Crippen LogP contribution in [0.2, 0.25) is 5.02 Å². The van der Waals surface area contributed by atoms with Crippen LogP contribution < -0.4 is 14.4 Å². The number of nitrogens with one attached hydrogen (secondary N) is 1. The van der Waals surface area contributed by atoms with E-state index in [0.29, 0.717) is 10.8 Å². The lowest BCUT2D eigenvalue weighted by Gasteiger charge is -2.34. The second-order valence-corrected chi connectivity index (χ2v) is 13.9. The van der Waals surface area contributed by atoms with Gasteiger partial charge in [-0.2, -0.15) is 0 Å². The monoisotopic (exact) mass is 711 g/mol. The van der Waals surface area contributed by atoms with Gasteiger partial charge in [0.05, 0.1) is 17.7 Å². The average Bonchev–Trinajstić information content (AvgIpc) is 3.03. The molecule has 45 heavy (non-hydrogen) atoms. The molecule has 0 aliphatic rings. The van der Waals surface area contributed by atoms with Gasteiger partial charge < -0.3 is 15.0 Å². The number of carbonyl (C=O) groups is 2. The highest BCUT2D eigenvalue weighted by atomic mass is 79.9. The molecule has 0 aliphatic heterocycles. The number of ether oxygens (including phenoxy) is 1. The van der Waals surface area contributed by atoms with E-state index in [1.54, 1.807) is 36.4 Å². The van der Waals surface area contributed by atoms with E-state index in [-0.39, 0.29) is 35.5 Å². The Kier molecular flexibility index (Phi) is 11.7. The summed E-state index contributed by atoms with van der Waals surface area (Å²) in [4.78, 5) is 29.6. The smallest absolute Gasteiger partial charge is 0.264 e. The van der Waals surface area contributed by atoms with Gasteiger partial charge in [-0.3, -0.25) is 13.9 Å². The van der Waals surface area contributed by atoms with Crippen LogP contribution in [0.3, 0.4) is 0 Å². The van der Waals surface area contributed by atoms with Gasteiger partial charge in [-0.05, 0) is 85.6 Å². The minimum Gasteiger partial charge on any atom is -0.497 e. The summed E-state index contributed by atoms with van der Waals surface area (Å²) in [6, 6.07) is 27.9. The summed E-state index contributed by atoms with van der Waals surface area (Å²) in [7, 11) is -2.75. The van der Waals surface area contributed by atoms with Gasteiger partial charge in [0.1, 0.15) is 18.3 Å². The second kappa shape index (κ2) is 15.4. The normalized spacial score (nSPS) is 12.0. The molecular formula is C34H35BrClN3O5S. The van der Waals surface area contributed by atoms with Crippen LogP contribution in [0.4, 0.5) is 5.69 Å². The lowest BCUT2D eigenvalue weighted by atomic mass is 10.0. The SMILES string of the molecule is COc1ccc(S(=O)(=O)N(CC(=O)N(Cc2ccc(Br)cc2)C(Cc2ccccc2)C(=O)NC(C)C)c2ccc(Cl)cc2)cc1. The molecule has 1 unspecified atom stereocenters. The minimum atomic E-state index is -4.24. The third-order valence-corrected chi connectivity index (χ3v) is 9.58. The van der Waals surface area contributed by atoms with Crippen LogP contribution in [0.15, 0.2) is 112 Å². The van der Waals surface area contributed by atoms with Crippen LogP contribution in [-0.2, 0) is 32.6 Å². The van der Waals surface area contributed by atoms with Crippen molar-refractivity contribution in [3.63, 3.8) is 0 Å². The molecule has 8 nitrogen and oxygen atoms in total. The summed E-state index contributed by atoms with van der Waals surface area (Å²) in [5.41, 5.74) is 1.88. The molecule has 0 bridgehead atoms. The molecule has 2 amide bonds. The average molecular weight is 713 g/mol. The Morgan fingerprint density at radius 3 is 2.07 bits per heavy atom. The molecule has 1 N–H and O–H groups in total. The molecule has 0 fully saturated rings. The van der Waals surface area contributed by atoms with Gasteiger partial charge in [0.2, 0.25) is 11.8 Å². The largest absolute Gasteiger partial charge is 0.497 e. The standard InChI is InChI=1S/C34H35BrClN3O5S/c1-24(2)37-34(41)32(21-25-7-5-4-6-8-25)38(22-26-9-11-27(35)12-10-26)33(40)23-39(29-15-13-28(36)14-16-29)45(42,43)31-19-17-30(44-3)18-20-31/h4-20,24,32H,21-23H2,1-3H3,(H,37,41). The number of hydrogen-bond acceptors (Lipinski definition) is 5. The molecule has 0 spiro atoms. The van der Waals surface area contributed by atoms with Crippen LogP contribution >= 0.6 is 27.5 Å². The third-order valence-electron chi connectivity index (χ3n) is 7.01. The molecular weight excluding hydrogens is 678 g/mol. The zero-order valence-electron chi connectivity index (χ0n) is 25.2. The fourth-order valence-corrected chi connectivity index (χ4v) is 6.54. The van der Waals surface area contributed by atoms with Gasteiger partial charge in [-0.1, -0.05) is 70.0 Å². The highest BCUT2D eigenvalue weighted by Gasteiger charge is 2.35. The van der Waals surface area contributed by atoms with E-state index in [4.69, 9.17) is 16.3 Å². The first kappa shape index (κ1) is 34.0. The predicted octanol–water partition coefficient (Wildman–Crippen LogP) is 6.47. The van der Waals surface area contributed by atoms with E-state index >= 15 is 0 Å². The van der Waals surface area contributed by atoms with Crippen molar-refractivity contribution < 1.29 is 22.7 Å². The molecule has 0 aromatic heterocycles. The maximum absolute atomic E-state index is 14.5. The Bertz CT molecular complexity index is 1690. The molecule has 1 atom stereocenters. The molecule has 4 rings (SSSR count). The van der Waals surface area contributed by atoms with Crippen LogP contribution in [0, 0.1) is 0 Å². The highest BCUT2D eigenvalue weighted by Crippen LogP contribution is 2.27. The summed E-state index contributed by atoms with van der Waals surface area (Å²) >= 11 is 9.57. The van der Waals surface area contributed by atoms with Crippen LogP contribution in [0.5, 0.6) is 5.75 Å². The maximum Gasteiger partial charge on any atom is 0.264 e. The van der Waals surface area contributed by atoms with Crippen molar-refractivity contribution in [1.29, 1.82) is 0 Å². The first-order valence-electron chi connectivity index (χ1n) is 14.3. The Hall–Kier alpha value is -3.86. The van der Waals surface area contributed by atoms with E-state index in [1.807, 2.05) is 68.4 Å². The Balaban J connectivity index is 1.79. The number of hydrogen-bond donors (Lipinski definition) is 1. The molecule has 0 radical (unpaired) electrons. The number of sulfonamides is 1. The van der Waals surface area contributed by atoms with E-state index in [9.17, 15) is 18.0 Å². The number of carbonyl (C=O) groups excluding carboxylic acids is 2. The molecule has 0 saturated carbocycles. The van der Waals surface area contributed by atoms with E-state index < -0.39 is 28.5 Å². The van der Waals surface area contributed by atoms with Gasteiger partial charge >= 0.3 is 0 Å². The number of nitrogens with zero attached hydrogens (tertiary/aromatic N) is 2. The van der Waals surface area contributed by atoms with E-state index in [2.05, 4.69) is 21.2 Å². The molecule has 0 heterocycles. The van der Waals surface area contributed by atoms with Crippen molar-refractivity contribution in [2.75, 3.05) is 18.0 Å². The number of halogens is 2. The van der Waals surface area contributed by atoms with Gasteiger partial charge in [-0.25, -0.2) is 8.42 Å². The van der Waals surface area contributed by atoms with Crippen molar-refractivity contribution in [3.05, 3.63) is 124 Å². The van der Waals surface area contributed by atoms with Crippen LogP contribution in [0.1, 0.15) is 25.0 Å². The summed E-state index contributed by atoms with van der Waals surface area (Å²) in [6.07, 6.45) is 0.230. The van der Waals surface area contributed by atoms with Gasteiger partial charge in [0.25, 0.3) is 10.0 Å². The second-order valence-electron chi connectivity index (χ2n) is 10.7. The van der Waals surface area contributed by atoms with Crippen molar-refractivity contribution in [1.82, 2.24) is 10.2 Å². The highest BCUT2D eigenvalue weighted by molar-refractivity contribution is 9.10. The molecule has 0 aliphatic carbocycles. The quantitative estimate of drug-likeness (QED) is 0.172. The van der Waals surface area contributed by atoms with Crippen molar-refractivity contribution in [2.45, 2.75) is 43.8 Å². The first-order chi connectivity index (χ1) is 21.5. The number of benzene rings is 4. The zero-order chi connectivity index (χ0) is 32.6. The lowest BCUT2D eigenvalue weighted by molar-refractivity contribution is -0.140. The predicted molar refractivity (Wildman–Crippen MR) is 181 cm³/mol. The number of methoxy groups -OCH3 is 1. The summed E-state index contributed by atoms with van der Waals surface area (Å²) in [6.45, 7) is 3.21. The van der Waals surface area contributed by atoms with Crippen LogP contribution in [0.25, 0.3) is 0 Å². The maximum atomic E-state index is 14.5. The number of anilines is 1. The van der Waals surface area contributed by atoms with Gasteiger partial charge in [-0.15, -0.1) is 0 Å². The fourth-order valence-electron chi connectivity index (χ4n) is 4.73. The first-order valence-corrected chi connectivity index (χ1v) is 16.9. The summed E-state index contributed by atoms with van der Waals surface area (Å²) < 4.78 is 35.3. The number of amides is 2. The lowest BCUT2D eigenvalue weighted by Crippen LogP contribution is -2.54. The Morgan fingerprint density at radius 1 is 0.867 bits per heavy atom. The Labute approximate surface area is 278 Å². The topological polar surface area (TPSA) is 96.0 Å². The fraction of sp³-hybridized carbons (Fsp3) is 0.235.